The zero-order chi connectivity index (χ0) is 12.4. The molecule has 0 spiro atoms. The number of aldehydes is 2. The van der Waals surface area contributed by atoms with Gasteiger partial charge in [-0.2, -0.15) is 0 Å². The molecule has 0 radical (unpaired) electrons. The number of carbonyl (C=O) groups excluding carboxylic acids is 2. The van der Waals surface area contributed by atoms with E-state index in [9.17, 15) is 9.59 Å². The van der Waals surface area contributed by atoms with Crippen LogP contribution in [-0.4, -0.2) is 24.8 Å². The molecular formula is C13H24O3. The molecule has 0 bridgehead atoms. The quantitative estimate of drug-likeness (QED) is 0.540. The first kappa shape index (κ1) is 15.3. The van der Waals surface area contributed by atoms with Crippen molar-refractivity contribution in [3.63, 3.8) is 0 Å². The summed E-state index contributed by atoms with van der Waals surface area (Å²) in [5.41, 5.74) is -0.236. The van der Waals surface area contributed by atoms with Gasteiger partial charge in [-0.05, 0) is 32.6 Å². The minimum absolute atomic E-state index is 0.236. The summed E-state index contributed by atoms with van der Waals surface area (Å²) < 4.78 is 5.74. The van der Waals surface area contributed by atoms with Crippen molar-refractivity contribution in [1.29, 1.82) is 0 Å². The van der Waals surface area contributed by atoms with Gasteiger partial charge in [-0.15, -0.1) is 0 Å². The number of carbonyl (C=O) groups is 2. The van der Waals surface area contributed by atoms with Crippen molar-refractivity contribution >= 4 is 12.6 Å². The molecule has 0 heterocycles. The van der Waals surface area contributed by atoms with Crippen LogP contribution < -0.4 is 0 Å². The lowest BCUT2D eigenvalue weighted by molar-refractivity contribution is -0.110. The smallest absolute Gasteiger partial charge is 0.120 e. The Morgan fingerprint density at radius 2 is 1.94 bits per heavy atom. The highest BCUT2D eigenvalue weighted by molar-refractivity contribution is 5.49. The van der Waals surface area contributed by atoms with E-state index in [0.29, 0.717) is 25.4 Å². The van der Waals surface area contributed by atoms with E-state index in [1.165, 1.54) is 0 Å². The topological polar surface area (TPSA) is 43.4 Å². The van der Waals surface area contributed by atoms with Gasteiger partial charge >= 0.3 is 0 Å². The van der Waals surface area contributed by atoms with Crippen LogP contribution in [0.5, 0.6) is 0 Å². The summed E-state index contributed by atoms with van der Waals surface area (Å²) in [5, 5.41) is 0. The van der Waals surface area contributed by atoms with Crippen molar-refractivity contribution in [2.45, 2.75) is 58.5 Å². The Kier molecular flexibility index (Phi) is 8.08. The number of ether oxygens (including phenoxy) is 1. The molecule has 0 rings (SSSR count). The minimum atomic E-state index is -0.236. The average molecular weight is 228 g/mol. The SMILES string of the molecule is CCC(CC=O)CCOC(C)(C)CCC=O. The molecule has 0 aliphatic heterocycles. The molecule has 0 aliphatic rings. The van der Waals surface area contributed by atoms with Gasteiger partial charge in [0.2, 0.25) is 0 Å². The fourth-order valence-electron chi connectivity index (χ4n) is 1.61. The highest BCUT2D eigenvalue weighted by atomic mass is 16.5. The van der Waals surface area contributed by atoms with E-state index in [2.05, 4.69) is 6.92 Å². The van der Waals surface area contributed by atoms with Crippen LogP contribution in [-0.2, 0) is 14.3 Å². The molecule has 0 aromatic rings. The van der Waals surface area contributed by atoms with Gasteiger partial charge in [-0.1, -0.05) is 13.3 Å². The van der Waals surface area contributed by atoms with Crippen LogP contribution in [0.15, 0.2) is 0 Å². The molecule has 3 nitrogen and oxygen atoms in total. The van der Waals surface area contributed by atoms with Crippen molar-refractivity contribution in [3.8, 4) is 0 Å². The van der Waals surface area contributed by atoms with E-state index in [1.807, 2.05) is 13.8 Å². The van der Waals surface area contributed by atoms with Crippen molar-refractivity contribution in [1.82, 2.24) is 0 Å². The normalized spacial score (nSPS) is 13.4. The van der Waals surface area contributed by atoms with Crippen LogP contribution in [0, 0.1) is 5.92 Å². The van der Waals surface area contributed by atoms with Crippen molar-refractivity contribution in [2.75, 3.05) is 6.61 Å². The summed E-state index contributed by atoms with van der Waals surface area (Å²) in [7, 11) is 0. The van der Waals surface area contributed by atoms with Crippen LogP contribution >= 0.6 is 0 Å². The van der Waals surface area contributed by atoms with E-state index in [-0.39, 0.29) is 5.60 Å². The second-order valence-corrected chi connectivity index (χ2v) is 4.78. The molecule has 0 amide bonds. The van der Waals surface area contributed by atoms with E-state index in [1.54, 1.807) is 0 Å². The molecule has 0 saturated carbocycles. The molecule has 0 N–H and O–H groups in total. The van der Waals surface area contributed by atoms with Crippen LogP contribution in [0.1, 0.15) is 52.9 Å². The molecule has 1 unspecified atom stereocenters. The third kappa shape index (κ3) is 7.57. The Morgan fingerprint density at radius 1 is 1.25 bits per heavy atom. The fraction of sp³-hybridized carbons (Fsp3) is 0.846. The fourth-order valence-corrected chi connectivity index (χ4v) is 1.61. The maximum Gasteiger partial charge on any atom is 0.120 e. The monoisotopic (exact) mass is 228 g/mol. The summed E-state index contributed by atoms with van der Waals surface area (Å²) in [6.45, 7) is 6.75. The molecule has 0 aromatic heterocycles. The van der Waals surface area contributed by atoms with Gasteiger partial charge in [-0.3, -0.25) is 0 Å². The summed E-state index contributed by atoms with van der Waals surface area (Å²) in [6, 6.07) is 0. The van der Waals surface area contributed by atoms with Crippen LogP contribution in [0.2, 0.25) is 0 Å². The van der Waals surface area contributed by atoms with Gasteiger partial charge < -0.3 is 14.3 Å². The van der Waals surface area contributed by atoms with Gasteiger partial charge in [0.25, 0.3) is 0 Å². The zero-order valence-electron chi connectivity index (χ0n) is 10.7. The van der Waals surface area contributed by atoms with Gasteiger partial charge in [0.15, 0.2) is 0 Å². The van der Waals surface area contributed by atoms with Gasteiger partial charge in [0, 0.05) is 19.4 Å². The largest absolute Gasteiger partial charge is 0.376 e. The van der Waals surface area contributed by atoms with Crippen LogP contribution in [0.3, 0.4) is 0 Å². The van der Waals surface area contributed by atoms with Crippen LogP contribution in [0.25, 0.3) is 0 Å². The maximum absolute atomic E-state index is 10.4. The highest BCUT2D eigenvalue weighted by Gasteiger charge is 2.18. The van der Waals surface area contributed by atoms with E-state index < -0.39 is 0 Å². The van der Waals surface area contributed by atoms with E-state index in [4.69, 9.17) is 4.74 Å². The molecule has 0 fully saturated rings. The van der Waals surface area contributed by atoms with Gasteiger partial charge in [0.1, 0.15) is 12.6 Å². The molecule has 16 heavy (non-hydrogen) atoms. The second-order valence-electron chi connectivity index (χ2n) is 4.78. The van der Waals surface area contributed by atoms with Gasteiger partial charge in [0.05, 0.1) is 5.60 Å². The molecule has 3 heteroatoms. The van der Waals surface area contributed by atoms with Crippen molar-refractivity contribution < 1.29 is 14.3 Å². The summed E-state index contributed by atoms with van der Waals surface area (Å²) in [6.07, 6.45) is 5.74. The Labute approximate surface area is 98.6 Å². The predicted molar refractivity (Wildman–Crippen MR) is 64.4 cm³/mol. The predicted octanol–water partition coefficient (Wildman–Crippen LogP) is 2.77. The second kappa shape index (κ2) is 8.45. The lowest BCUT2D eigenvalue weighted by atomic mass is 9.99. The lowest BCUT2D eigenvalue weighted by Crippen LogP contribution is -2.25. The Balaban J connectivity index is 3.76. The zero-order valence-corrected chi connectivity index (χ0v) is 10.7. The highest BCUT2D eigenvalue weighted by Crippen LogP contribution is 2.18. The number of hydrogen-bond donors (Lipinski definition) is 0. The third-order valence-electron chi connectivity index (χ3n) is 2.89. The number of rotatable bonds is 10. The van der Waals surface area contributed by atoms with E-state index >= 15 is 0 Å². The van der Waals surface area contributed by atoms with E-state index in [0.717, 1.165) is 31.8 Å². The maximum atomic E-state index is 10.4. The Morgan fingerprint density at radius 3 is 2.44 bits per heavy atom. The van der Waals surface area contributed by atoms with Crippen molar-refractivity contribution in [3.05, 3.63) is 0 Å². The molecule has 0 aromatic carbocycles. The summed E-state index contributed by atoms with van der Waals surface area (Å²) in [5.74, 6) is 0.430. The molecule has 0 aliphatic carbocycles. The van der Waals surface area contributed by atoms with Gasteiger partial charge in [-0.25, -0.2) is 0 Å². The molecular weight excluding hydrogens is 204 g/mol. The Hall–Kier alpha value is -0.700. The molecule has 94 valence electrons. The number of hydrogen-bond acceptors (Lipinski definition) is 3. The summed E-state index contributed by atoms with van der Waals surface area (Å²) in [4.78, 5) is 20.7. The third-order valence-corrected chi connectivity index (χ3v) is 2.89. The average Bonchev–Trinajstić information content (AvgIpc) is 2.25. The molecule has 1 atom stereocenters. The first-order valence-electron chi connectivity index (χ1n) is 6.07. The first-order valence-corrected chi connectivity index (χ1v) is 6.07. The van der Waals surface area contributed by atoms with Crippen molar-refractivity contribution in [2.24, 2.45) is 5.92 Å². The molecule has 0 saturated heterocycles. The van der Waals surface area contributed by atoms with Crippen LogP contribution in [0.4, 0.5) is 0 Å². The standard InChI is InChI=1S/C13H24O3/c1-4-12(6-10-15)7-11-16-13(2,3)8-5-9-14/h9-10,12H,4-8,11H2,1-3H3. The summed E-state index contributed by atoms with van der Waals surface area (Å²) >= 11 is 0. The lowest BCUT2D eigenvalue weighted by Gasteiger charge is -2.25. The first-order chi connectivity index (χ1) is 7.55. The minimum Gasteiger partial charge on any atom is -0.376 e. The Bertz CT molecular complexity index is 199.